The van der Waals surface area contributed by atoms with Gasteiger partial charge in [-0.3, -0.25) is 4.99 Å². The Hall–Kier alpha value is -1.55. The lowest BCUT2D eigenvalue weighted by Gasteiger charge is -2.22. The van der Waals surface area contributed by atoms with Gasteiger partial charge in [0, 0.05) is 57.3 Å². The van der Waals surface area contributed by atoms with Gasteiger partial charge >= 0.3 is 0 Å². The van der Waals surface area contributed by atoms with Crippen LogP contribution in [0.15, 0.2) is 34.6 Å². The Kier molecular flexibility index (Phi) is 9.25. The van der Waals surface area contributed by atoms with Gasteiger partial charge in [-0.25, -0.2) is 4.98 Å². The number of nitrogens with zero attached hydrogens (tertiary/aromatic N) is 4. The average molecular weight is 555 g/mol. The molecule has 2 N–H and O–H groups in total. The fourth-order valence-electron chi connectivity index (χ4n) is 4.22. The zero-order chi connectivity index (χ0) is 20.8. The minimum absolute atomic E-state index is 0. The molecule has 0 spiro atoms. The van der Waals surface area contributed by atoms with Crippen molar-refractivity contribution < 1.29 is 0 Å². The van der Waals surface area contributed by atoms with Crippen molar-refractivity contribution in [1.29, 1.82) is 0 Å². The number of aliphatic imine (C=N–C) groups is 1. The van der Waals surface area contributed by atoms with Crippen LogP contribution in [0.4, 0.5) is 10.8 Å². The van der Waals surface area contributed by atoms with Gasteiger partial charge in [0.15, 0.2) is 11.1 Å². The quantitative estimate of drug-likeness (QED) is 0.302. The molecule has 31 heavy (non-hydrogen) atoms. The summed E-state index contributed by atoms with van der Waals surface area (Å²) in [7, 11) is 1.83. The number of thiazole rings is 1. The molecule has 0 bridgehead atoms. The van der Waals surface area contributed by atoms with E-state index >= 15 is 0 Å². The van der Waals surface area contributed by atoms with Crippen LogP contribution in [0.25, 0.3) is 0 Å². The second kappa shape index (κ2) is 11.9. The summed E-state index contributed by atoms with van der Waals surface area (Å²) in [6, 6.07) is 9.08. The molecule has 2 aliphatic heterocycles. The summed E-state index contributed by atoms with van der Waals surface area (Å²) in [5, 5.41) is 10.3. The molecule has 4 rings (SSSR count). The summed E-state index contributed by atoms with van der Waals surface area (Å²) in [6.45, 7) is 7.66. The molecular weight excluding hydrogens is 519 g/mol. The van der Waals surface area contributed by atoms with Gasteiger partial charge in [-0.15, -0.1) is 35.3 Å². The molecule has 2 aliphatic rings. The first-order valence-electron chi connectivity index (χ1n) is 11.2. The fraction of sp³-hybridized carbons (Fsp3) is 0.565. The van der Waals surface area contributed by atoms with E-state index in [1.165, 1.54) is 55.2 Å². The van der Waals surface area contributed by atoms with E-state index in [-0.39, 0.29) is 30.0 Å². The van der Waals surface area contributed by atoms with Crippen LogP contribution in [-0.4, -0.2) is 50.7 Å². The topological polar surface area (TPSA) is 55.8 Å². The van der Waals surface area contributed by atoms with Crippen molar-refractivity contribution in [2.45, 2.75) is 45.1 Å². The normalized spacial score (nSPS) is 17.5. The van der Waals surface area contributed by atoms with Gasteiger partial charge in [0.1, 0.15) is 0 Å². The van der Waals surface area contributed by atoms with E-state index in [0.717, 1.165) is 37.7 Å². The summed E-state index contributed by atoms with van der Waals surface area (Å²) in [5.41, 5.74) is 3.78. The summed E-state index contributed by atoms with van der Waals surface area (Å²) < 4.78 is 0. The van der Waals surface area contributed by atoms with Crippen molar-refractivity contribution >= 4 is 52.1 Å². The number of hydrogen-bond donors (Lipinski definition) is 2. The van der Waals surface area contributed by atoms with Crippen molar-refractivity contribution in [3.63, 3.8) is 0 Å². The first kappa shape index (κ1) is 24.1. The Morgan fingerprint density at radius 3 is 2.55 bits per heavy atom. The predicted octanol–water partition coefficient (Wildman–Crippen LogP) is 4.43. The van der Waals surface area contributed by atoms with E-state index in [9.17, 15) is 0 Å². The van der Waals surface area contributed by atoms with Crippen molar-refractivity contribution in [2.24, 2.45) is 4.99 Å². The number of aromatic nitrogens is 1. The highest BCUT2D eigenvalue weighted by atomic mass is 127. The number of halogens is 1. The van der Waals surface area contributed by atoms with E-state index in [1.807, 2.05) is 7.05 Å². The number of nitrogens with one attached hydrogen (secondary N) is 2. The molecule has 0 radical (unpaired) electrons. The Labute approximate surface area is 207 Å². The monoisotopic (exact) mass is 554 g/mol. The third kappa shape index (κ3) is 6.47. The van der Waals surface area contributed by atoms with Crippen LogP contribution in [-0.2, 0) is 6.42 Å². The van der Waals surface area contributed by atoms with E-state index in [4.69, 9.17) is 4.98 Å². The molecule has 1 unspecified atom stereocenters. The third-order valence-electron chi connectivity index (χ3n) is 6.01. The highest BCUT2D eigenvalue weighted by Crippen LogP contribution is 2.25. The standard InChI is InChI=1S/C23H34N6S.HI/c1-18(19-8-7-9-21(16-19)28-12-3-4-13-28)26-22(24-2)25-11-10-20-17-30-23(27-20)29-14-5-6-15-29;/h7-9,16-18H,3-6,10-15H2,1-2H3,(H2,24,25,26);1H. The molecule has 2 saturated heterocycles. The molecular formula is C23H35IN6S. The summed E-state index contributed by atoms with van der Waals surface area (Å²) in [6.07, 6.45) is 6.08. The van der Waals surface area contributed by atoms with Gasteiger partial charge in [-0.1, -0.05) is 12.1 Å². The molecule has 1 atom stereocenters. The fourth-order valence-corrected chi connectivity index (χ4v) is 5.14. The van der Waals surface area contributed by atoms with Gasteiger partial charge in [-0.05, 0) is 50.3 Å². The first-order chi connectivity index (χ1) is 14.7. The van der Waals surface area contributed by atoms with Crippen LogP contribution >= 0.6 is 35.3 Å². The molecule has 1 aromatic carbocycles. The van der Waals surface area contributed by atoms with Gasteiger partial charge in [0.2, 0.25) is 0 Å². The summed E-state index contributed by atoms with van der Waals surface area (Å²) >= 11 is 1.77. The van der Waals surface area contributed by atoms with Crippen molar-refractivity contribution in [1.82, 2.24) is 15.6 Å². The molecule has 2 aromatic rings. The minimum Gasteiger partial charge on any atom is -0.372 e. The molecule has 0 aliphatic carbocycles. The maximum absolute atomic E-state index is 4.81. The number of guanidine groups is 1. The Balaban J connectivity index is 0.00000272. The van der Waals surface area contributed by atoms with Crippen LogP contribution in [0.1, 0.15) is 49.9 Å². The van der Waals surface area contributed by atoms with E-state index in [1.54, 1.807) is 11.3 Å². The Morgan fingerprint density at radius 1 is 1.13 bits per heavy atom. The maximum atomic E-state index is 4.81. The molecule has 0 amide bonds. The number of rotatable bonds is 7. The maximum Gasteiger partial charge on any atom is 0.191 e. The lowest BCUT2D eigenvalue weighted by atomic mass is 10.1. The summed E-state index contributed by atoms with van der Waals surface area (Å²) in [5.74, 6) is 0.837. The lowest BCUT2D eigenvalue weighted by Crippen LogP contribution is -2.39. The first-order valence-corrected chi connectivity index (χ1v) is 12.1. The van der Waals surface area contributed by atoms with Gasteiger partial charge in [-0.2, -0.15) is 0 Å². The molecule has 0 saturated carbocycles. The largest absolute Gasteiger partial charge is 0.372 e. The second-order valence-corrected chi connectivity index (χ2v) is 9.06. The zero-order valence-electron chi connectivity index (χ0n) is 18.6. The highest BCUT2D eigenvalue weighted by Gasteiger charge is 2.16. The number of anilines is 2. The van der Waals surface area contributed by atoms with Gasteiger partial charge in [0.25, 0.3) is 0 Å². The average Bonchev–Trinajstić information content (AvgIpc) is 3.55. The number of benzene rings is 1. The third-order valence-corrected chi connectivity index (χ3v) is 6.96. The van der Waals surface area contributed by atoms with Crippen molar-refractivity contribution in [2.75, 3.05) is 49.6 Å². The van der Waals surface area contributed by atoms with Crippen molar-refractivity contribution in [3.8, 4) is 0 Å². The minimum atomic E-state index is 0. The highest BCUT2D eigenvalue weighted by molar-refractivity contribution is 14.0. The van der Waals surface area contributed by atoms with Crippen LogP contribution in [0.2, 0.25) is 0 Å². The SMILES string of the molecule is CN=C(NCCc1csc(N2CCCC2)n1)NC(C)c1cccc(N2CCCC2)c1.I. The second-order valence-electron chi connectivity index (χ2n) is 8.22. The molecule has 1 aromatic heterocycles. The Bertz CT molecular complexity index is 842. The van der Waals surface area contributed by atoms with Gasteiger partial charge < -0.3 is 20.4 Å². The number of hydrogen-bond acceptors (Lipinski definition) is 5. The van der Waals surface area contributed by atoms with Gasteiger partial charge in [0.05, 0.1) is 11.7 Å². The van der Waals surface area contributed by atoms with E-state index in [2.05, 4.69) is 62.0 Å². The molecule has 2 fully saturated rings. The predicted molar refractivity (Wildman–Crippen MR) is 143 cm³/mol. The van der Waals surface area contributed by atoms with Crippen LogP contribution in [0.3, 0.4) is 0 Å². The molecule has 6 nitrogen and oxygen atoms in total. The smallest absolute Gasteiger partial charge is 0.191 e. The van der Waals surface area contributed by atoms with Crippen molar-refractivity contribution in [3.05, 3.63) is 40.9 Å². The Morgan fingerprint density at radius 2 is 1.84 bits per heavy atom. The zero-order valence-corrected chi connectivity index (χ0v) is 21.8. The lowest BCUT2D eigenvalue weighted by molar-refractivity contribution is 0.683. The molecule has 8 heteroatoms. The van der Waals surface area contributed by atoms with E-state index < -0.39 is 0 Å². The summed E-state index contributed by atoms with van der Waals surface area (Å²) in [4.78, 5) is 14.1. The van der Waals surface area contributed by atoms with Crippen LogP contribution < -0.4 is 20.4 Å². The molecule has 170 valence electrons. The van der Waals surface area contributed by atoms with Crippen LogP contribution in [0, 0.1) is 0 Å². The molecule has 3 heterocycles. The van der Waals surface area contributed by atoms with Crippen LogP contribution in [0.5, 0.6) is 0 Å². The van der Waals surface area contributed by atoms with E-state index in [0.29, 0.717) is 0 Å².